The van der Waals surface area contributed by atoms with E-state index in [0.29, 0.717) is 17.5 Å². The number of fused-ring (bicyclic) bond motifs is 10. The molecule has 13 rings (SSSR count). The van der Waals surface area contributed by atoms with E-state index in [0.717, 1.165) is 61.1 Å². The van der Waals surface area contributed by atoms with Gasteiger partial charge in [0.25, 0.3) is 0 Å². The van der Waals surface area contributed by atoms with Gasteiger partial charge in [-0.15, -0.1) is 11.3 Å². The van der Waals surface area contributed by atoms with Crippen molar-refractivity contribution in [1.82, 2.24) is 24.3 Å². The lowest BCUT2D eigenvalue weighted by Gasteiger charge is -2.11. The Morgan fingerprint density at radius 3 is 1.41 bits per heavy atom. The molecule has 0 aliphatic carbocycles. The molecule has 5 nitrogen and oxygen atoms in total. The number of pyridine rings is 1. The van der Waals surface area contributed by atoms with Crippen molar-refractivity contribution in [3.05, 3.63) is 212 Å². The molecule has 4 heterocycles. The van der Waals surface area contributed by atoms with E-state index in [1.165, 1.54) is 47.5 Å². The Hall–Kier alpha value is -8.32. The van der Waals surface area contributed by atoms with Crippen LogP contribution in [0.5, 0.6) is 0 Å². The summed E-state index contributed by atoms with van der Waals surface area (Å²) in [7, 11) is 0. The molecule has 9 aromatic carbocycles. The maximum Gasteiger partial charge on any atom is 0.164 e. The molecule has 0 N–H and O–H groups in total. The van der Waals surface area contributed by atoms with Crippen molar-refractivity contribution in [3.8, 4) is 67.7 Å². The normalized spacial score (nSPS) is 11.8. The molecule has 0 bridgehead atoms. The van der Waals surface area contributed by atoms with Crippen LogP contribution in [0.2, 0.25) is 0 Å². The largest absolute Gasteiger partial charge is 0.291 e. The fourth-order valence-electron chi connectivity index (χ4n) is 9.18. The number of hydrogen-bond donors (Lipinski definition) is 0. The van der Waals surface area contributed by atoms with Crippen LogP contribution in [0, 0.1) is 0 Å². The predicted octanol–water partition coefficient (Wildman–Crippen LogP) is 15.3. The van der Waals surface area contributed by atoms with Gasteiger partial charge in [0.15, 0.2) is 23.1 Å². The van der Waals surface area contributed by atoms with Gasteiger partial charge in [0.05, 0.1) is 21.4 Å². The van der Waals surface area contributed by atoms with E-state index in [1.807, 2.05) is 23.5 Å². The van der Waals surface area contributed by atoms with Crippen LogP contribution in [0.25, 0.3) is 126 Å². The molecule has 0 fully saturated rings. The van der Waals surface area contributed by atoms with Gasteiger partial charge in [-0.2, -0.15) is 0 Å². The Morgan fingerprint density at radius 1 is 0.328 bits per heavy atom. The van der Waals surface area contributed by atoms with Crippen LogP contribution in [-0.4, -0.2) is 24.3 Å². The van der Waals surface area contributed by atoms with Gasteiger partial charge in [-0.25, -0.2) is 19.9 Å². The summed E-state index contributed by atoms with van der Waals surface area (Å²) in [5, 5.41) is 7.22. The summed E-state index contributed by atoms with van der Waals surface area (Å²) in [4.78, 5) is 20.8. The third-order valence-electron chi connectivity index (χ3n) is 12.4. The number of benzene rings is 9. The molecule has 0 saturated heterocycles. The predicted molar refractivity (Wildman–Crippen MR) is 267 cm³/mol. The fourth-order valence-corrected chi connectivity index (χ4v) is 10.3. The van der Waals surface area contributed by atoms with Gasteiger partial charge in [0, 0.05) is 37.5 Å². The molecule has 0 unspecified atom stereocenters. The molecule has 0 aliphatic rings. The minimum absolute atomic E-state index is 0.613. The quantitative estimate of drug-likeness (QED) is 0.157. The number of hydrogen-bond acceptors (Lipinski definition) is 5. The first kappa shape index (κ1) is 36.3. The van der Waals surface area contributed by atoms with E-state index in [4.69, 9.17) is 19.9 Å². The monoisotopic (exact) mass is 833 g/mol. The van der Waals surface area contributed by atoms with Crippen molar-refractivity contribution in [2.45, 2.75) is 0 Å². The van der Waals surface area contributed by atoms with Crippen LogP contribution < -0.4 is 0 Å². The molecule has 0 aliphatic heterocycles. The van der Waals surface area contributed by atoms with Gasteiger partial charge in [-0.3, -0.25) is 4.40 Å². The van der Waals surface area contributed by atoms with Gasteiger partial charge < -0.3 is 0 Å². The molecule has 4 aromatic heterocycles. The van der Waals surface area contributed by atoms with Gasteiger partial charge in [-0.1, -0.05) is 182 Å². The van der Waals surface area contributed by atoms with Gasteiger partial charge in [-0.05, 0) is 74.3 Å². The molecular weight excluding hydrogens is 799 g/mol. The van der Waals surface area contributed by atoms with Gasteiger partial charge in [0.2, 0.25) is 0 Å². The molecule has 0 amide bonds. The average molecular weight is 834 g/mol. The molecule has 0 radical (unpaired) electrons. The molecule has 0 saturated carbocycles. The Labute approximate surface area is 372 Å². The van der Waals surface area contributed by atoms with Crippen molar-refractivity contribution in [3.63, 3.8) is 0 Å². The zero-order valence-corrected chi connectivity index (χ0v) is 35.2. The molecule has 0 atom stereocenters. The highest BCUT2D eigenvalue weighted by atomic mass is 32.1. The number of nitrogens with zero attached hydrogens (tertiary/aromatic N) is 5. The Kier molecular flexibility index (Phi) is 8.32. The van der Waals surface area contributed by atoms with E-state index in [9.17, 15) is 0 Å². The van der Waals surface area contributed by atoms with E-state index in [-0.39, 0.29) is 0 Å². The first-order valence-corrected chi connectivity index (χ1v) is 22.3. The van der Waals surface area contributed by atoms with Crippen LogP contribution in [0.1, 0.15) is 0 Å². The van der Waals surface area contributed by atoms with Crippen molar-refractivity contribution in [1.29, 1.82) is 0 Å². The lowest BCUT2D eigenvalue weighted by atomic mass is 10.0. The van der Waals surface area contributed by atoms with E-state index in [2.05, 4.69) is 205 Å². The SMILES string of the molecule is c1ccc(-c2ccc(-c3nc(-c4ccc(-c5ccccc5)cc4)nc(-c4ccc(-c5cc6c7ccccc7sc6c6nc7c8cc9ccccc9cc8ccc7n56)cc4)n3)cc2)cc1. The van der Waals surface area contributed by atoms with Crippen LogP contribution in [0.4, 0.5) is 0 Å². The van der Waals surface area contributed by atoms with E-state index >= 15 is 0 Å². The number of aromatic nitrogens is 5. The summed E-state index contributed by atoms with van der Waals surface area (Å²) in [5.74, 6) is 1.86. The summed E-state index contributed by atoms with van der Waals surface area (Å²) in [6.07, 6.45) is 0. The first-order valence-electron chi connectivity index (χ1n) is 21.5. The van der Waals surface area contributed by atoms with Crippen molar-refractivity contribution < 1.29 is 0 Å². The fraction of sp³-hybridized carbons (Fsp3) is 0. The Balaban J connectivity index is 0.961. The summed E-state index contributed by atoms with van der Waals surface area (Å²) in [5.41, 5.74) is 12.6. The number of thiophene rings is 1. The average Bonchev–Trinajstić information content (AvgIpc) is 3.96. The zero-order chi connectivity index (χ0) is 42.1. The van der Waals surface area contributed by atoms with Crippen LogP contribution in [0.15, 0.2) is 212 Å². The summed E-state index contributed by atoms with van der Waals surface area (Å²) in [6.45, 7) is 0. The summed E-state index contributed by atoms with van der Waals surface area (Å²) in [6, 6.07) is 75.1. The van der Waals surface area contributed by atoms with Crippen molar-refractivity contribution in [2.75, 3.05) is 0 Å². The third kappa shape index (κ3) is 6.07. The smallest absolute Gasteiger partial charge is 0.164 e. The maximum atomic E-state index is 5.49. The highest BCUT2D eigenvalue weighted by Crippen LogP contribution is 2.42. The standard InChI is InChI=1S/C58H35N5S/c1-3-11-36(12-4-1)38-19-25-41(26-20-38)55-60-56(42-27-21-39(22-28-42)37-13-5-2-6-14-37)62-57(61-55)43-29-23-40(24-30-43)51-35-49-47-17-9-10-18-52(47)64-54(49)58-59-53-48-34-45-16-8-7-15-44(45)33-46(48)31-32-50(53)63(51)58/h1-35H. The lowest BCUT2D eigenvalue weighted by Crippen LogP contribution is -2.00. The topological polar surface area (TPSA) is 56.0 Å². The highest BCUT2D eigenvalue weighted by molar-refractivity contribution is 7.26. The third-order valence-corrected chi connectivity index (χ3v) is 13.6. The van der Waals surface area contributed by atoms with Crippen molar-refractivity contribution >= 4 is 69.7 Å². The molecule has 6 heteroatoms. The van der Waals surface area contributed by atoms with Crippen LogP contribution >= 0.6 is 11.3 Å². The molecule has 298 valence electrons. The van der Waals surface area contributed by atoms with Gasteiger partial charge >= 0.3 is 0 Å². The van der Waals surface area contributed by atoms with Crippen molar-refractivity contribution in [2.24, 2.45) is 0 Å². The van der Waals surface area contributed by atoms with E-state index in [1.54, 1.807) is 0 Å². The molecular formula is C58H35N5S. The molecule has 13 aromatic rings. The summed E-state index contributed by atoms with van der Waals surface area (Å²) >= 11 is 1.81. The molecule has 0 spiro atoms. The zero-order valence-electron chi connectivity index (χ0n) is 34.4. The van der Waals surface area contributed by atoms with Crippen LogP contribution in [-0.2, 0) is 0 Å². The second-order valence-corrected chi connectivity index (χ2v) is 17.3. The molecule has 64 heavy (non-hydrogen) atoms. The van der Waals surface area contributed by atoms with Gasteiger partial charge in [0.1, 0.15) is 0 Å². The number of imidazole rings is 1. The highest BCUT2D eigenvalue weighted by Gasteiger charge is 2.20. The minimum Gasteiger partial charge on any atom is -0.291 e. The Bertz CT molecular complexity index is 3810. The second-order valence-electron chi connectivity index (χ2n) is 16.3. The summed E-state index contributed by atoms with van der Waals surface area (Å²) < 4.78 is 4.79. The Morgan fingerprint density at radius 2 is 0.812 bits per heavy atom. The van der Waals surface area contributed by atoms with E-state index < -0.39 is 0 Å². The lowest BCUT2D eigenvalue weighted by molar-refractivity contribution is 1.07. The maximum absolute atomic E-state index is 5.49. The number of rotatable bonds is 6. The second kappa shape index (κ2) is 14.7. The first-order chi connectivity index (χ1) is 31.7. The van der Waals surface area contributed by atoms with Crippen LogP contribution in [0.3, 0.4) is 0 Å². The minimum atomic E-state index is 0.613.